The van der Waals surface area contributed by atoms with E-state index >= 15 is 0 Å². The number of rotatable bonds is 5. The molecule has 9 nitrogen and oxygen atoms in total. The average molecular weight is 459 g/mol. The number of H-pyrrole nitrogens is 1. The number of benzene rings is 1. The lowest BCUT2D eigenvalue weighted by Gasteiger charge is -2.21. The van der Waals surface area contributed by atoms with Gasteiger partial charge in [0.05, 0.1) is 23.3 Å². The molecule has 33 heavy (non-hydrogen) atoms. The van der Waals surface area contributed by atoms with Crippen molar-refractivity contribution in [2.24, 2.45) is 13.0 Å². The van der Waals surface area contributed by atoms with Crippen molar-refractivity contribution in [3.05, 3.63) is 59.1 Å². The minimum Gasteiger partial charge on any atom is -0.352 e. The summed E-state index contributed by atoms with van der Waals surface area (Å²) in [5.74, 6) is 0.870. The van der Waals surface area contributed by atoms with Gasteiger partial charge in [-0.25, -0.2) is 9.97 Å². The molecule has 166 valence electrons. The van der Waals surface area contributed by atoms with E-state index < -0.39 is 0 Å². The third-order valence-electron chi connectivity index (χ3n) is 6.14. The molecule has 10 heteroatoms. The van der Waals surface area contributed by atoms with Crippen molar-refractivity contribution < 1.29 is 4.79 Å². The molecule has 3 N–H and O–H groups in total. The van der Waals surface area contributed by atoms with Gasteiger partial charge >= 0.3 is 0 Å². The fourth-order valence-corrected chi connectivity index (χ4v) is 5.75. The Morgan fingerprint density at radius 1 is 1.30 bits per heavy atom. The number of amides is 1. The summed E-state index contributed by atoms with van der Waals surface area (Å²) in [6.07, 6.45) is 9.49. The van der Waals surface area contributed by atoms with Gasteiger partial charge in [0.1, 0.15) is 17.0 Å². The Hall–Kier alpha value is -3.79. The maximum absolute atomic E-state index is 12.8. The number of hydrogen-bond donors (Lipinski definition) is 3. The second-order valence-corrected chi connectivity index (χ2v) is 9.47. The van der Waals surface area contributed by atoms with E-state index in [-0.39, 0.29) is 11.8 Å². The minimum atomic E-state index is -0.0323. The van der Waals surface area contributed by atoms with Crippen LogP contribution < -0.4 is 10.6 Å². The van der Waals surface area contributed by atoms with Crippen LogP contribution in [0.3, 0.4) is 0 Å². The Labute approximate surface area is 193 Å². The monoisotopic (exact) mass is 458 g/mol. The molecule has 1 aromatic carbocycles. The zero-order chi connectivity index (χ0) is 22.4. The predicted octanol–water partition coefficient (Wildman–Crippen LogP) is 3.47. The van der Waals surface area contributed by atoms with Gasteiger partial charge in [-0.15, -0.1) is 11.3 Å². The van der Waals surface area contributed by atoms with Gasteiger partial charge in [0, 0.05) is 47.2 Å². The van der Waals surface area contributed by atoms with Gasteiger partial charge in [0.2, 0.25) is 5.91 Å². The van der Waals surface area contributed by atoms with Gasteiger partial charge in [0.15, 0.2) is 0 Å². The Bertz CT molecular complexity index is 1480. The first-order valence-corrected chi connectivity index (χ1v) is 11.7. The van der Waals surface area contributed by atoms with Crippen molar-refractivity contribution in [3.8, 4) is 0 Å². The summed E-state index contributed by atoms with van der Waals surface area (Å²) in [4.78, 5) is 24.1. The molecule has 0 saturated heterocycles. The molecule has 0 bridgehead atoms. The van der Waals surface area contributed by atoms with Crippen LogP contribution in [0.15, 0.2) is 43.1 Å². The molecule has 0 fully saturated rings. The molecule has 6 rings (SSSR count). The Morgan fingerprint density at radius 2 is 2.24 bits per heavy atom. The first-order chi connectivity index (χ1) is 16.1. The van der Waals surface area contributed by atoms with E-state index in [1.54, 1.807) is 28.5 Å². The summed E-state index contributed by atoms with van der Waals surface area (Å²) in [6, 6.07) is 6.06. The molecule has 1 aliphatic carbocycles. The van der Waals surface area contributed by atoms with E-state index in [0.29, 0.717) is 6.54 Å². The van der Waals surface area contributed by atoms with Gasteiger partial charge in [-0.3, -0.25) is 14.6 Å². The van der Waals surface area contributed by atoms with Crippen LogP contribution >= 0.6 is 11.3 Å². The second-order valence-electron chi connectivity index (χ2n) is 8.38. The Balaban J connectivity index is 1.23. The SMILES string of the molecule is Cn1cc(CNC(=O)C2CCc3c(sc4ncnc(Nc5ccc6[nH]ncc6c5)c34)C2)cn1. The summed E-state index contributed by atoms with van der Waals surface area (Å²) >= 11 is 1.67. The van der Waals surface area contributed by atoms with E-state index in [9.17, 15) is 4.79 Å². The minimum absolute atomic E-state index is 0.0323. The first-order valence-electron chi connectivity index (χ1n) is 10.8. The molecular formula is C23H22N8OS. The molecular weight excluding hydrogens is 436 g/mol. The highest BCUT2D eigenvalue weighted by atomic mass is 32.1. The second kappa shape index (κ2) is 7.96. The molecule has 0 radical (unpaired) electrons. The number of aromatic amines is 1. The van der Waals surface area contributed by atoms with Gasteiger partial charge < -0.3 is 10.6 Å². The van der Waals surface area contributed by atoms with Crippen LogP contribution in [0.1, 0.15) is 22.4 Å². The largest absolute Gasteiger partial charge is 0.352 e. The van der Waals surface area contributed by atoms with Gasteiger partial charge in [-0.05, 0) is 43.0 Å². The zero-order valence-corrected chi connectivity index (χ0v) is 18.8. The van der Waals surface area contributed by atoms with E-state index in [2.05, 4.69) is 35.9 Å². The number of fused-ring (bicyclic) bond motifs is 4. The van der Waals surface area contributed by atoms with Crippen molar-refractivity contribution in [2.45, 2.75) is 25.8 Å². The number of nitrogens with one attached hydrogen (secondary N) is 3. The van der Waals surface area contributed by atoms with Gasteiger partial charge in [-0.2, -0.15) is 10.2 Å². The number of nitrogens with zero attached hydrogens (tertiary/aromatic N) is 5. The van der Waals surface area contributed by atoms with Crippen LogP contribution in [0.5, 0.6) is 0 Å². The normalized spacial score (nSPS) is 15.6. The lowest BCUT2D eigenvalue weighted by Crippen LogP contribution is -2.33. The highest BCUT2D eigenvalue weighted by Gasteiger charge is 2.29. The van der Waals surface area contributed by atoms with E-state index in [1.165, 1.54) is 10.4 Å². The van der Waals surface area contributed by atoms with Crippen molar-refractivity contribution in [2.75, 3.05) is 5.32 Å². The standard InChI is InChI=1S/C23H22N8OS/c1-31-11-13(9-28-31)8-24-22(32)14-2-4-17-19(7-14)33-23-20(17)21(25-12-26-23)29-16-3-5-18-15(6-16)10-27-30-18/h3,5-6,9-12,14H,2,4,7-8H2,1H3,(H,24,32)(H,27,30)(H,25,26,29). The van der Waals surface area contributed by atoms with Gasteiger partial charge in [-0.1, -0.05) is 0 Å². The molecule has 0 saturated carbocycles. The van der Waals surface area contributed by atoms with Crippen LogP contribution in [-0.4, -0.2) is 35.9 Å². The fourth-order valence-electron chi connectivity index (χ4n) is 4.48. The molecule has 4 aromatic heterocycles. The Kier molecular flexibility index (Phi) is 4.79. The van der Waals surface area contributed by atoms with Crippen LogP contribution in [0.2, 0.25) is 0 Å². The molecule has 1 aliphatic rings. The highest BCUT2D eigenvalue weighted by Crippen LogP contribution is 2.40. The van der Waals surface area contributed by atoms with Crippen LogP contribution in [0, 0.1) is 5.92 Å². The van der Waals surface area contributed by atoms with Crippen molar-refractivity contribution in [3.63, 3.8) is 0 Å². The first kappa shape index (κ1) is 19.9. The fraction of sp³-hybridized carbons (Fsp3) is 0.261. The quantitative estimate of drug-likeness (QED) is 0.372. The summed E-state index contributed by atoms with van der Waals surface area (Å²) in [5.41, 5.74) is 4.21. The molecule has 1 amide bonds. The summed E-state index contributed by atoms with van der Waals surface area (Å²) in [5, 5.41) is 19.9. The third kappa shape index (κ3) is 3.72. The summed E-state index contributed by atoms with van der Waals surface area (Å²) in [7, 11) is 1.87. The third-order valence-corrected chi connectivity index (χ3v) is 7.31. The van der Waals surface area contributed by atoms with Crippen LogP contribution in [0.4, 0.5) is 11.5 Å². The number of aryl methyl sites for hydroxylation is 2. The van der Waals surface area contributed by atoms with Gasteiger partial charge in [0.25, 0.3) is 0 Å². The van der Waals surface area contributed by atoms with Crippen molar-refractivity contribution >= 4 is 49.9 Å². The van der Waals surface area contributed by atoms with Crippen molar-refractivity contribution in [1.29, 1.82) is 0 Å². The number of anilines is 2. The maximum Gasteiger partial charge on any atom is 0.223 e. The van der Waals surface area contributed by atoms with E-state index in [0.717, 1.165) is 57.5 Å². The maximum atomic E-state index is 12.8. The number of carbonyl (C=O) groups is 1. The number of carbonyl (C=O) groups excluding carboxylic acids is 1. The van der Waals surface area contributed by atoms with E-state index in [1.807, 2.05) is 37.6 Å². The topological polar surface area (TPSA) is 113 Å². The molecule has 1 atom stereocenters. The van der Waals surface area contributed by atoms with E-state index in [4.69, 9.17) is 0 Å². The smallest absolute Gasteiger partial charge is 0.223 e. The summed E-state index contributed by atoms with van der Waals surface area (Å²) < 4.78 is 1.74. The molecule has 1 unspecified atom stereocenters. The molecule has 0 aliphatic heterocycles. The van der Waals surface area contributed by atoms with Crippen LogP contribution in [-0.2, 0) is 31.2 Å². The number of thiophene rings is 1. The Morgan fingerprint density at radius 3 is 3.12 bits per heavy atom. The lowest BCUT2D eigenvalue weighted by atomic mass is 9.87. The molecule has 5 aromatic rings. The molecule has 4 heterocycles. The summed E-state index contributed by atoms with van der Waals surface area (Å²) in [6.45, 7) is 0.503. The lowest BCUT2D eigenvalue weighted by molar-refractivity contribution is -0.125. The van der Waals surface area contributed by atoms with Crippen molar-refractivity contribution in [1.82, 2.24) is 35.3 Å². The average Bonchev–Trinajstić information content (AvgIpc) is 3.54. The highest BCUT2D eigenvalue weighted by molar-refractivity contribution is 7.19. The predicted molar refractivity (Wildman–Crippen MR) is 127 cm³/mol. The number of aromatic nitrogens is 6. The number of hydrogen-bond acceptors (Lipinski definition) is 7. The zero-order valence-electron chi connectivity index (χ0n) is 18.0. The molecule has 0 spiro atoms. The van der Waals surface area contributed by atoms with Crippen LogP contribution in [0.25, 0.3) is 21.1 Å².